The van der Waals surface area contributed by atoms with Crippen LogP contribution < -0.4 is 10.6 Å². The van der Waals surface area contributed by atoms with Gasteiger partial charge in [0.1, 0.15) is 0 Å². The Morgan fingerprint density at radius 1 is 1.06 bits per heavy atom. The van der Waals surface area contributed by atoms with Crippen molar-refractivity contribution in [3.63, 3.8) is 0 Å². The number of carbonyl (C=O) groups excluding carboxylic acids is 1. The van der Waals surface area contributed by atoms with Gasteiger partial charge in [-0.15, -0.1) is 0 Å². The monoisotopic (exact) mass is 261 g/mol. The minimum atomic E-state index is -3.08. The Morgan fingerprint density at radius 3 is 1.94 bits per heavy atom. The molecule has 0 aromatic rings. The molecule has 1 aliphatic carbocycles. The quantitative estimate of drug-likeness (QED) is 0.743. The van der Waals surface area contributed by atoms with Crippen LogP contribution in [-0.2, 0) is 10.0 Å². The van der Waals surface area contributed by atoms with Crippen LogP contribution in [0.4, 0.5) is 4.79 Å². The number of nitrogens with zero attached hydrogens (tertiary/aromatic N) is 1. The van der Waals surface area contributed by atoms with Crippen molar-refractivity contribution < 1.29 is 13.2 Å². The summed E-state index contributed by atoms with van der Waals surface area (Å²) in [7, 11) is -3.08. The highest BCUT2D eigenvalue weighted by Gasteiger charge is 2.27. The van der Waals surface area contributed by atoms with Crippen LogP contribution in [0.15, 0.2) is 0 Å². The average Bonchev–Trinajstić information content (AvgIpc) is 3.01. The van der Waals surface area contributed by atoms with E-state index in [0.717, 1.165) is 12.8 Å². The van der Waals surface area contributed by atoms with Crippen LogP contribution in [0.25, 0.3) is 0 Å². The van der Waals surface area contributed by atoms with Crippen molar-refractivity contribution in [3.05, 3.63) is 0 Å². The van der Waals surface area contributed by atoms with Gasteiger partial charge in [-0.25, -0.2) is 17.5 Å². The predicted molar refractivity (Wildman–Crippen MR) is 64.1 cm³/mol. The molecule has 0 spiro atoms. The number of hydrogen-bond acceptors (Lipinski definition) is 3. The lowest BCUT2D eigenvalue weighted by Gasteiger charge is -2.30. The molecule has 1 heterocycles. The van der Waals surface area contributed by atoms with E-state index in [1.54, 1.807) is 0 Å². The van der Waals surface area contributed by atoms with Crippen LogP contribution in [0.2, 0.25) is 0 Å². The summed E-state index contributed by atoms with van der Waals surface area (Å²) in [6.45, 7) is 0.987. The predicted octanol–water partition coefficient (Wildman–Crippen LogP) is -0.128. The van der Waals surface area contributed by atoms with E-state index in [1.807, 2.05) is 0 Å². The van der Waals surface area contributed by atoms with Gasteiger partial charge in [0.25, 0.3) is 0 Å². The van der Waals surface area contributed by atoms with Crippen molar-refractivity contribution in [2.75, 3.05) is 19.3 Å². The molecular formula is C10H19N3O3S. The zero-order valence-corrected chi connectivity index (χ0v) is 10.8. The topological polar surface area (TPSA) is 78.5 Å². The van der Waals surface area contributed by atoms with Gasteiger partial charge in [-0.05, 0) is 25.7 Å². The van der Waals surface area contributed by atoms with Gasteiger partial charge in [0.2, 0.25) is 10.0 Å². The maximum Gasteiger partial charge on any atom is 0.315 e. The standard InChI is InChI=1S/C10H19N3O3S/c1-17(15,16)13-6-4-9(5-7-13)12-10(14)11-8-2-3-8/h8-9H,2-7H2,1H3,(H2,11,12,14). The Kier molecular flexibility index (Phi) is 3.58. The van der Waals surface area contributed by atoms with E-state index in [1.165, 1.54) is 10.6 Å². The van der Waals surface area contributed by atoms with Crippen LogP contribution in [0.5, 0.6) is 0 Å². The van der Waals surface area contributed by atoms with E-state index in [4.69, 9.17) is 0 Å². The Labute approximate surface area is 102 Å². The van der Waals surface area contributed by atoms with Crippen molar-refractivity contribution >= 4 is 16.1 Å². The molecule has 2 N–H and O–H groups in total. The van der Waals surface area contributed by atoms with Gasteiger partial charge in [-0.3, -0.25) is 0 Å². The minimum absolute atomic E-state index is 0.0896. The molecule has 6 nitrogen and oxygen atoms in total. The summed E-state index contributed by atoms with van der Waals surface area (Å²) in [6, 6.07) is 0.322. The van der Waals surface area contributed by atoms with E-state index in [-0.39, 0.29) is 12.1 Å². The number of rotatable bonds is 3. The summed E-state index contributed by atoms with van der Waals surface area (Å²) >= 11 is 0. The first-order valence-electron chi connectivity index (χ1n) is 5.97. The maximum absolute atomic E-state index is 11.5. The molecular weight excluding hydrogens is 242 g/mol. The molecule has 2 fully saturated rings. The molecule has 0 bridgehead atoms. The Balaban J connectivity index is 1.73. The van der Waals surface area contributed by atoms with E-state index in [2.05, 4.69) is 10.6 Å². The molecule has 98 valence electrons. The van der Waals surface area contributed by atoms with Crippen molar-refractivity contribution in [2.24, 2.45) is 0 Å². The van der Waals surface area contributed by atoms with Gasteiger partial charge in [0, 0.05) is 25.2 Å². The Hall–Kier alpha value is -0.820. The highest BCUT2D eigenvalue weighted by atomic mass is 32.2. The molecule has 2 amide bonds. The summed E-state index contributed by atoms with van der Waals surface area (Å²) < 4.78 is 24.1. The van der Waals surface area contributed by atoms with Crippen molar-refractivity contribution in [3.8, 4) is 0 Å². The number of nitrogens with one attached hydrogen (secondary N) is 2. The average molecular weight is 261 g/mol. The second-order valence-electron chi connectivity index (χ2n) is 4.83. The molecule has 1 saturated heterocycles. The van der Waals surface area contributed by atoms with Crippen molar-refractivity contribution in [1.82, 2.24) is 14.9 Å². The van der Waals surface area contributed by atoms with E-state index in [9.17, 15) is 13.2 Å². The molecule has 2 aliphatic rings. The van der Waals surface area contributed by atoms with Gasteiger partial charge < -0.3 is 10.6 Å². The second-order valence-corrected chi connectivity index (χ2v) is 6.81. The Bertz CT molecular complexity index is 384. The lowest BCUT2D eigenvalue weighted by molar-refractivity contribution is 0.227. The van der Waals surface area contributed by atoms with E-state index >= 15 is 0 Å². The number of urea groups is 1. The number of carbonyl (C=O) groups is 1. The fraction of sp³-hybridized carbons (Fsp3) is 0.900. The molecule has 0 aromatic heterocycles. The smallest absolute Gasteiger partial charge is 0.315 e. The lowest BCUT2D eigenvalue weighted by atomic mass is 10.1. The number of hydrogen-bond donors (Lipinski definition) is 2. The maximum atomic E-state index is 11.5. The third-order valence-corrected chi connectivity index (χ3v) is 4.47. The minimum Gasteiger partial charge on any atom is -0.335 e. The number of piperidine rings is 1. The molecule has 7 heteroatoms. The van der Waals surface area contributed by atoms with Crippen LogP contribution in [0.1, 0.15) is 25.7 Å². The third kappa shape index (κ3) is 3.85. The molecule has 0 unspecified atom stereocenters. The van der Waals surface area contributed by atoms with E-state index in [0.29, 0.717) is 32.0 Å². The van der Waals surface area contributed by atoms with Crippen molar-refractivity contribution in [2.45, 2.75) is 37.8 Å². The van der Waals surface area contributed by atoms with Crippen LogP contribution in [0.3, 0.4) is 0 Å². The van der Waals surface area contributed by atoms with Gasteiger partial charge in [0.05, 0.1) is 6.26 Å². The summed E-state index contributed by atoms with van der Waals surface area (Å²) in [6.07, 6.45) is 4.73. The Morgan fingerprint density at radius 2 is 1.53 bits per heavy atom. The largest absolute Gasteiger partial charge is 0.335 e. The highest BCUT2D eigenvalue weighted by Crippen LogP contribution is 2.18. The van der Waals surface area contributed by atoms with Gasteiger partial charge >= 0.3 is 6.03 Å². The molecule has 0 atom stereocenters. The fourth-order valence-electron chi connectivity index (χ4n) is 1.97. The first-order chi connectivity index (χ1) is 7.95. The van der Waals surface area contributed by atoms with Crippen molar-refractivity contribution in [1.29, 1.82) is 0 Å². The zero-order chi connectivity index (χ0) is 12.5. The van der Waals surface area contributed by atoms with Crippen LogP contribution >= 0.6 is 0 Å². The summed E-state index contributed by atoms with van der Waals surface area (Å²) in [5.74, 6) is 0. The zero-order valence-electron chi connectivity index (χ0n) is 9.98. The van der Waals surface area contributed by atoms with Gasteiger partial charge in [-0.2, -0.15) is 0 Å². The first-order valence-corrected chi connectivity index (χ1v) is 7.82. The van der Waals surface area contributed by atoms with Gasteiger partial charge in [-0.1, -0.05) is 0 Å². The van der Waals surface area contributed by atoms with Gasteiger partial charge in [0.15, 0.2) is 0 Å². The van der Waals surface area contributed by atoms with Crippen LogP contribution in [-0.4, -0.2) is 50.2 Å². The SMILES string of the molecule is CS(=O)(=O)N1CCC(NC(=O)NC2CC2)CC1. The molecule has 1 aliphatic heterocycles. The summed E-state index contributed by atoms with van der Waals surface area (Å²) in [4.78, 5) is 11.5. The number of amides is 2. The lowest BCUT2D eigenvalue weighted by Crippen LogP contribution is -2.49. The van der Waals surface area contributed by atoms with Crippen LogP contribution in [0, 0.1) is 0 Å². The summed E-state index contributed by atoms with van der Waals surface area (Å²) in [5.41, 5.74) is 0. The first kappa shape index (κ1) is 12.6. The fourth-order valence-corrected chi connectivity index (χ4v) is 2.85. The highest BCUT2D eigenvalue weighted by molar-refractivity contribution is 7.88. The molecule has 0 radical (unpaired) electrons. The molecule has 17 heavy (non-hydrogen) atoms. The molecule has 2 rings (SSSR count). The van der Waals surface area contributed by atoms with E-state index < -0.39 is 10.0 Å². The third-order valence-electron chi connectivity index (χ3n) is 3.17. The second kappa shape index (κ2) is 4.81. The normalized spacial score (nSPS) is 23.4. The molecule has 0 aromatic carbocycles. The molecule has 1 saturated carbocycles. The summed E-state index contributed by atoms with van der Waals surface area (Å²) in [5, 5.41) is 5.75. The number of sulfonamides is 1.